The van der Waals surface area contributed by atoms with Crippen molar-refractivity contribution >= 4 is 0 Å². The van der Waals surface area contributed by atoms with Crippen molar-refractivity contribution in [2.45, 2.75) is 26.2 Å². The van der Waals surface area contributed by atoms with Crippen LogP contribution < -0.4 is 4.74 Å². The molecule has 1 aromatic rings. The number of benzene rings is 1. The molecular weight excluding hydrogens is 174 g/mol. The van der Waals surface area contributed by atoms with Gasteiger partial charge in [0.1, 0.15) is 5.75 Å². The molecule has 74 valence electrons. The fourth-order valence-corrected chi connectivity index (χ4v) is 1.21. The summed E-state index contributed by atoms with van der Waals surface area (Å²) in [4.78, 5) is 0. The summed E-state index contributed by atoms with van der Waals surface area (Å²) in [6.45, 7) is 6.40. The molecule has 0 unspecified atom stereocenters. The monoisotopic (exact) mass is 189 g/mol. The Morgan fingerprint density at radius 2 is 2.14 bits per heavy atom. The predicted octanol–water partition coefficient (Wildman–Crippen LogP) is 2.89. The van der Waals surface area contributed by atoms with Gasteiger partial charge in [-0.25, -0.2) is 0 Å². The van der Waals surface area contributed by atoms with Crippen LogP contribution in [0.5, 0.6) is 5.75 Å². The Labute approximate surface area is 85.1 Å². The summed E-state index contributed by atoms with van der Waals surface area (Å²) in [5.41, 5.74) is 0.540. The molecule has 0 aromatic heterocycles. The van der Waals surface area contributed by atoms with Crippen molar-refractivity contribution < 1.29 is 4.74 Å². The standard InChI is InChI=1S/C12H15NO/c1-4-14-11-7-5-6-10(8-11)12(2,3)9-13/h5-8H,4H2,1-3H3. The van der Waals surface area contributed by atoms with E-state index in [1.807, 2.05) is 45.0 Å². The van der Waals surface area contributed by atoms with Crippen LogP contribution in [0, 0.1) is 11.3 Å². The number of hydrogen-bond donors (Lipinski definition) is 0. The topological polar surface area (TPSA) is 33.0 Å². The van der Waals surface area contributed by atoms with Crippen molar-refractivity contribution in [1.29, 1.82) is 5.26 Å². The minimum Gasteiger partial charge on any atom is -0.494 e. The second kappa shape index (κ2) is 4.15. The highest BCUT2D eigenvalue weighted by atomic mass is 16.5. The van der Waals surface area contributed by atoms with Gasteiger partial charge in [-0.15, -0.1) is 0 Å². The smallest absolute Gasteiger partial charge is 0.119 e. The molecule has 0 aliphatic carbocycles. The lowest BCUT2D eigenvalue weighted by Crippen LogP contribution is -2.13. The molecule has 2 heteroatoms. The third kappa shape index (κ3) is 2.26. The van der Waals surface area contributed by atoms with E-state index in [1.54, 1.807) is 0 Å². The lowest BCUT2D eigenvalue weighted by atomic mass is 9.86. The first-order chi connectivity index (χ1) is 6.60. The average Bonchev–Trinajstić information content (AvgIpc) is 2.19. The second-order valence-corrected chi connectivity index (χ2v) is 3.70. The molecule has 0 N–H and O–H groups in total. The Kier molecular flexibility index (Phi) is 3.14. The van der Waals surface area contributed by atoms with Gasteiger partial charge in [0.2, 0.25) is 0 Å². The van der Waals surface area contributed by atoms with E-state index >= 15 is 0 Å². The highest BCUT2D eigenvalue weighted by Crippen LogP contribution is 2.25. The molecule has 0 heterocycles. The Bertz CT molecular complexity index is 350. The molecule has 0 aliphatic heterocycles. The number of hydrogen-bond acceptors (Lipinski definition) is 2. The first kappa shape index (κ1) is 10.6. The van der Waals surface area contributed by atoms with Crippen molar-refractivity contribution in [3.63, 3.8) is 0 Å². The van der Waals surface area contributed by atoms with Gasteiger partial charge < -0.3 is 4.74 Å². The molecule has 0 atom stereocenters. The van der Waals surface area contributed by atoms with Crippen LogP contribution in [-0.2, 0) is 5.41 Å². The number of nitrogens with zero attached hydrogens (tertiary/aromatic N) is 1. The normalized spacial score (nSPS) is 10.7. The van der Waals surface area contributed by atoms with Crippen molar-refractivity contribution in [2.24, 2.45) is 0 Å². The summed E-state index contributed by atoms with van der Waals surface area (Å²) < 4.78 is 5.38. The Morgan fingerprint density at radius 3 is 2.71 bits per heavy atom. The van der Waals surface area contributed by atoms with Gasteiger partial charge in [-0.3, -0.25) is 0 Å². The van der Waals surface area contributed by atoms with Gasteiger partial charge >= 0.3 is 0 Å². The fraction of sp³-hybridized carbons (Fsp3) is 0.417. The van der Waals surface area contributed by atoms with E-state index in [2.05, 4.69) is 6.07 Å². The summed E-state index contributed by atoms with van der Waals surface area (Å²) >= 11 is 0. The molecule has 1 rings (SSSR count). The van der Waals surface area contributed by atoms with E-state index in [0.29, 0.717) is 6.61 Å². The third-order valence-electron chi connectivity index (χ3n) is 2.15. The quantitative estimate of drug-likeness (QED) is 0.732. The molecule has 0 aliphatic rings. The van der Waals surface area contributed by atoms with E-state index < -0.39 is 5.41 Å². The molecule has 14 heavy (non-hydrogen) atoms. The Morgan fingerprint density at radius 1 is 1.43 bits per heavy atom. The first-order valence-electron chi connectivity index (χ1n) is 4.74. The second-order valence-electron chi connectivity index (χ2n) is 3.70. The van der Waals surface area contributed by atoms with Crippen LogP contribution in [0.15, 0.2) is 24.3 Å². The fourth-order valence-electron chi connectivity index (χ4n) is 1.21. The summed E-state index contributed by atoms with van der Waals surface area (Å²) in [7, 11) is 0. The Hall–Kier alpha value is -1.49. The Balaban J connectivity index is 3.01. The summed E-state index contributed by atoms with van der Waals surface area (Å²) in [5.74, 6) is 0.827. The molecule has 0 bridgehead atoms. The molecule has 0 radical (unpaired) electrons. The molecule has 0 saturated heterocycles. The maximum absolute atomic E-state index is 8.98. The van der Waals surface area contributed by atoms with Gasteiger partial charge in [0.15, 0.2) is 0 Å². The first-order valence-corrected chi connectivity index (χ1v) is 4.74. The maximum Gasteiger partial charge on any atom is 0.119 e. The van der Waals surface area contributed by atoms with Gasteiger partial charge in [0, 0.05) is 0 Å². The van der Waals surface area contributed by atoms with Gasteiger partial charge in [-0.2, -0.15) is 5.26 Å². The SMILES string of the molecule is CCOc1cccc(C(C)(C)C#N)c1. The lowest BCUT2D eigenvalue weighted by molar-refractivity contribution is 0.339. The zero-order valence-corrected chi connectivity index (χ0v) is 8.87. The van der Waals surface area contributed by atoms with Gasteiger partial charge in [-0.05, 0) is 38.5 Å². The summed E-state index contributed by atoms with van der Waals surface area (Å²) in [5, 5.41) is 8.98. The predicted molar refractivity (Wildman–Crippen MR) is 56.3 cm³/mol. The molecule has 2 nitrogen and oxygen atoms in total. The largest absolute Gasteiger partial charge is 0.494 e. The molecule has 0 saturated carbocycles. The zero-order valence-electron chi connectivity index (χ0n) is 8.87. The molecule has 1 aromatic carbocycles. The van der Waals surface area contributed by atoms with Crippen LogP contribution in [0.25, 0.3) is 0 Å². The molecule has 0 fully saturated rings. The highest BCUT2D eigenvalue weighted by molar-refractivity contribution is 5.36. The molecular formula is C12H15NO. The van der Waals surface area contributed by atoms with E-state index in [-0.39, 0.29) is 0 Å². The van der Waals surface area contributed by atoms with Crippen LogP contribution in [0.3, 0.4) is 0 Å². The number of rotatable bonds is 3. The molecule has 0 spiro atoms. The minimum atomic E-state index is -0.451. The zero-order chi connectivity index (χ0) is 10.6. The van der Waals surface area contributed by atoms with E-state index in [1.165, 1.54) is 0 Å². The average molecular weight is 189 g/mol. The molecule has 0 amide bonds. The van der Waals surface area contributed by atoms with Crippen molar-refractivity contribution in [1.82, 2.24) is 0 Å². The van der Waals surface area contributed by atoms with Crippen LogP contribution in [0.2, 0.25) is 0 Å². The number of nitriles is 1. The third-order valence-corrected chi connectivity index (χ3v) is 2.15. The van der Waals surface area contributed by atoms with E-state index in [0.717, 1.165) is 11.3 Å². The van der Waals surface area contributed by atoms with E-state index in [9.17, 15) is 0 Å². The van der Waals surface area contributed by atoms with Crippen LogP contribution >= 0.6 is 0 Å². The lowest BCUT2D eigenvalue weighted by Gasteiger charge is -2.16. The maximum atomic E-state index is 8.98. The van der Waals surface area contributed by atoms with Gasteiger partial charge in [0.25, 0.3) is 0 Å². The van der Waals surface area contributed by atoms with E-state index in [4.69, 9.17) is 10.00 Å². The summed E-state index contributed by atoms with van der Waals surface area (Å²) in [6.07, 6.45) is 0. The van der Waals surface area contributed by atoms with Crippen LogP contribution in [-0.4, -0.2) is 6.61 Å². The number of ether oxygens (including phenoxy) is 1. The van der Waals surface area contributed by atoms with Crippen molar-refractivity contribution in [2.75, 3.05) is 6.61 Å². The highest BCUT2D eigenvalue weighted by Gasteiger charge is 2.19. The van der Waals surface area contributed by atoms with Crippen molar-refractivity contribution in [3.05, 3.63) is 29.8 Å². The van der Waals surface area contributed by atoms with Gasteiger partial charge in [-0.1, -0.05) is 12.1 Å². The van der Waals surface area contributed by atoms with Crippen LogP contribution in [0.4, 0.5) is 0 Å². The van der Waals surface area contributed by atoms with Crippen LogP contribution in [0.1, 0.15) is 26.3 Å². The minimum absolute atomic E-state index is 0.451. The van der Waals surface area contributed by atoms with Gasteiger partial charge in [0.05, 0.1) is 18.1 Å². The summed E-state index contributed by atoms with van der Waals surface area (Å²) in [6, 6.07) is 9.96. The van der Waals surface area contributed by atoms with Crippen molar-refractivity contribution in [3.8, 4) is 11.8 Å².